The molecule has 9 nitrogen and oxygen atoms in total. The third-order valence-corrected chi connectivity index (χ3v) is 6.09. The smallest absolute Gasteiger partial charge is 0.413 e. The number of amides is 2. The van der Waals surface area contributed by atoms with E-state index in [1.807, 2.05) is 4.90 Å². The minimum absolute atomic E-state index is 0.0553. The van der Waals surface area contributed by atoms with Crippen LogP contribution in [0, 0.1) is 0 Å². The molecule has 2 fully saturated rings. The van der Waals surface area contributed by atoms with E-state index < -0.39 is 29.6 Å². The van der Waals surface area contributed by atoms with Crippen LogP contribution in [0.4, 0.5) is 9.18 Å². The molecule has 0 aromatic carbocycles. The van der Waals surface area contributed by atoms with E-state index in [1.165, 1.54) is 29.7 Å². The molecule has 0 aromatic heterocycles. The maximum absolute atomic E-state index is 15.3. The molecule has 3 aliphatic rings. The third kappa shape index (κ3) is 4.69. The van der Waals surface area contributed by atoms with Crippen molar-refractivity contribution in [1.82, 2.24) is 20.0 Å². The van der Waals surface area contributed by atoms with Gasteiger partial charge in [0.05, 0.1) is 6.54 Å². The summed E-state index contributed by atoms with van der Waals surface area (Å²) < 4.78 is 20.7. The Bertz CT molecular complexity index is 836. The van der Waals surface area contributed by atoms with Crippen LogP contribution in [0.25, 0.3) is 0 Å². The Morgan fingerprint density at radius 2 is 1.94 bits per heavy atom. The summed E-state index contributed by atoms with van der Waals surface area (Å²) in [6, 6.07) is 0. The molecular weight excluding hydrogens is 407 g/mol. The highest BCUT2D eigenvalue weighted by molar-refractivity contribution is 6.00. The summed E-state index contributed by atoms with van der Waals surface area (Å²) in [5.41, 5.74) is -1.20. The predicted molar refractivity (Wildman–Crippen MR) is 109 cm³/mol. The van der Waals surface area contributed by atoms with Crippen molar-refractivity contribution in [2.75, 3.05) is 39.8 Å². The summed E-state index contributed by atoms with van der Waals surface area (Å²) in [5.74, 6) is -1.44. The Morgan fingerprint density at radius 1 is 1.26 bits per heavy atom. The molecule has 0 saturated carbocycles. The van der Waals surface area contributed by atoms with Gasteiger partial charge in [0, 0.05) is 65.0 Å². The summed E-state index contributed by atoms with van der Waals surface area (Å²) in [7, 11) is 1.55. The fourth-order valence-corrected chi connectivity index (χ4v) is 4.15. The van der Waals surface area contributed by atoms with Gasteiger partial charge in [0.25, 0.3) is 0 Å². The molecule has 0 spiro atoms. The van der Waals surface area contributed by atoms with Crippen molar-refractivity contribution >= 4 is 23.6 Å². The summed E-state index contributed by atoms with van der Waals surface area (Å²) in [6.45, 7) is 5.34. The second kappa shape index (κ2) is 9.27. The van der Waals surface area contributed by atoms with E-state index in [2.05, 4.69) is 5.32 Å². The molecule has 2 unspecified atom stereocenters. The summed E-state index contributed by atoms with van der Waals surface area (Å²) in [4.78, 5) is 52.9. The lowest BCUT2D eigenvalue weighted by Gasteiger charge is -2.49. The molecule has 2 aliphatic heterocycles. The number of piperazine rings is 1. The van der Waals surface area contributed by atoms with Gasteiger partial charge < -0.3 is 19.7 Å². The van der Waals surface area contributed by atoms with E-state index in [0.717, 1.165) is 0 Å². The second-order valence-corrected chi connectivity index (χ2v) is 8.15. The van der Waals surface area contributed by atoms with Crippen molar-refractivity contribution in [2.45, 2.75) is 45.0 Å². The number of rotatable bonds is 7. The molecule has 3 rings (SSSR count). The van der Waals surface area contributed by atoms with Gasteiger partial charge >= 0.3 is 6.09 Å². The van der Waals surface area contributed by atoms with Gasteiger partial charge in [-0.3, -0.25) is 19.4 Å². The molecular formula is C21H29FN4O5. The molecule has 1 aliphatic carbocycles. The van der Waals surface area contributed by atoms with Gasteiger partial charge in [-0.05, 0) is 19.1 Å². The minimum atomic E-state index is -1.14. The summed E-state index contributed by atoms with van der Waals surface area (Å²) in [6.07, 6.45) is 1.49. The lowest BCUT2D eigenvalue weighted by Crippen LogP contribution is -2.64. The highest BCUT2D eigenvalue weighted by atomic mass is 19.1. The molecule has 31 heavy (non-hydrogen) atoms. The van der Waals surface area contributed by atoms with Crippen LogP contribution in [-0.2, 0) is 19.1 Å². The molecule has 2 atom stereocenters. The molecule has 170 valence electrons. The number of likely N-dealkylation sites (N-methyl/N-ethyl adjacent to an activating group) is 1. The number of nitrogens with one attached hydrogen (secondary N) is 1. The normalized spacial score (nSPS) is 26.8. The van der Waals surface area contributed by atoms with Crippen LogP contribution < -0.4 is 5.32 Å². The average Bonchev–Trinajstić information content (AvgIpc) is 3.13. The minimum Gasteiger partial charge on any atom is -0.423 e. The number of nitrogens with zero attached hydrogens (tertiary/aromatic N) is 3. The van der Waals surface area contributed by atoms with Crippen LogP contribution in [0.1, 0.15) is 33.1 Å². The Morgan fingerprint density at radius 3 is 2.52 bits per heavy atom. The molecule has 0 bridgehead atoms. The SMILES string of the molecule is CC(=O)CCC(=O)C1=C(F)CC(N2CCNCC2)(N2CC(N(C)C(C)=O)OC2=O)C=C1. The quantitative estimate of drug-likeness (QED) is 0.635. The van der Waals surface area contributed by atoms with Crippen molar-refractivity contribution in [2.24, 2.45) is 0 Å². The van der Waals surface area contributed by atoms with E-state index in [1.54, 1.807) is 13.1 Å². The number of Topliss-reactive ketones (excluding diaryl/α,β-unsaturated/α-hetero) is 2. The number of cyclic esters (lactones) is 1. The monoisotopic (exact) mass is 436 g/mol. The first kappa shape index (κ1) is 23.1. The van der Waals surface area contributed by atoms with E-state index >= 15 is 4.39 Å². The Kier molecular flexibility index (Phi) is 6.90. The Balaban J connectivity index is 1.89. The van der Waals surface area contributed by atoms with Crippen LogP contribution in [0.5, 0.6) is 0 Å². The third-order valence-electron chi connectivity index (χ3n) is 6.09. The van der Waals surface area contributed by atoms with E-state index in [9.17, 15) is 19.2 Å². The van der Waals surface area contributed by atoms with Crippen LogP contribution in [-0.4, -0.2) is 89.9 Å². The van der Waals surface area contributed by atoms with E-state index in [4.69, 9.17) is 4.74 Å². The van der Waals surface area contributed by atoms with Crippen LogP contribution in [0.15, 0.2) is 23.6 Å². The number of allylic oxidation sites excluding steroid dienone is 2. The van der Waals surface area contributed by atoms with E-state index in [-0.39, 0.29) is 43.1 Å². The number of hydrogen-bond acceptors (Lipinski definition) is 7. The fourth-order valence-electron chi connectivity index (χ4n) is 4.15. The van der Waals surface area contributed by atoms with Crippen molar-refractivity contribution < 1.29 is 28.3 Å². The first-order valence-corrected chi connectivity index (χ1v) is 10.4. The number of carbonyl (C=O) groups excluding carboxylic acids is 4. The molecule has 1 N–H and O–H groups in total. The second-order valence-electron chi connectivity index (χ2n) is 8.15. The van der Waals surface area contributed by atoms with E-state index in [0.29, 0.717) is 26.2 Å². The Hall–Kier alpha value is -2.59. The van der Waals surface area contributed by atoms with Crippen molar-refractivity contribution in [1.29, 1.82) is 0 Å². The first-order valence-electron chi connectivity index (χ1n) is 10.4. The molecule has 0 aromatic rings. The zero-order valence-corrected chi connectivity index (χ0v) is 18.1. The number of halogens is 1. The number of ether oxygens (including phenoxy) is 1. The van der Waals surface area contributed by atoms with Crippen LogP contribution in [0.3, 0.4) is 0 Å². The molecule has 2 amide bonds. The largest absolute Gasteiger partial charge is 0.423 e. The molecule has 0 radical (unpaired) electrons. The maximum Gasteiger partial charge on any atom is 0.413 e. The van der Waals surface area contributed by atoms with Gasteiger partial charge in [-0.25, -0.2) is 9.18 Å². The summed E-state index contributed by atoms with van der Waals surface area (Å²) >= 11 is 0. The lowest BCUT2D eigenvalue weighted by molar-refractivity contribution is -0.134. The van der Waals surface area contributed by atoms with Crippen molar-refractivity contribution in [3.63, 3.8) is 0 Å². The highest BCUT2D eigenvalue weighted by Gasteiger charge is 2.51. The highest BCUT2D eigenvalue weighted by Crippen LogP contribution is 2.39. The van der Waals surface area contributed by atoms with Gasteiger partial charge in [0.2, 0.25) is 5.91 Å². The zero-order valence-electron chi connectivity index (χ0n) is 18.1. The van der Waals surface area contributed by atoms with Gasteiger partial charge in [-0.2, -0.15) is 0 Å². The van der Waals surface area contributed by atoms with Crippen LogP contribution in [0.2, 0.25) is 0 Å². The fraction of sp³-hybridized carbons (Fsp3) is 0.619. The number of carbonyl (C=O) groups is 4. The lowest BCUT2D eigenvalue weighted by atomic mass is 9.89. The Labute approximate surface area is 180 Å². The average molecular weight is 436 g/mol. The standard InChI is InChI=1S/C21H29FN4O5/c1-14(27)4-5-18(29)16-6-7-21(12-17(16)22,25-10-8-23-9-11-25)26-13-19(31-20(26)30)24(3)15(2)28/h6-7,19,23H,4-5,8-13H2,1-3H3. The topological polar surface area (TPSA) is 99.3 Å². The maximum atomic E-state index is 15.3. The van der Waals surface area contributed by atoms with Gasteiger partial charge in [-0.1, -0.05) is 0 Å². The van der Waals surface area contributed by atoms with Gasteiger partial charge in [0.15, 0.2) is 12.0 Å². The number of ketones is 2. The van der Waals surface area contributed by atoms with Crippen molar-refractivity contribution in [3.8, 4) is 0 Å². The van der Waals surface area contributed by atoms with Gasteiger partial charge in [-0.15, -0.1) is 0 Å². The molecule has 2 heterocycles. The zero-order chi connectivity index (χ0) is 22.8. The van der Waals surface area contributed by atoms with Gasteiger partial charge in [0.1, 0.15) is 17.3 Å². The molecule has 10 heteroatoms. The number of hydrogen-bond donors (Lipinski definition) is 1. The summed E-state index contributed by atoms with van der Waals surface area (Å²) in [5, 5.41) is 3.24. The predicted octanol–water partition coefficient (Wildman–Crippen LogP) is 0.966. The molecule has 2 saturated heterocycles. The van der Waals surface area contributed by atoms with Crippen molar-refractivity contribution in [3.05, 3.63) is 23.6 Å². The first-order chi connectivity index (χ1) is 14.7. The van der Waals surface area contributed by atoms with Crippen LogP contribution >= 0.6 is 0 Å².